The van der Waals surface area contributed by atoms with E-state index in [1.54, 1.807) is 12.3 Å². The summed E-state index contributed by atoms with van der Waals surface area (Å²) in [6.07, 6.45) is 4.48. The molecular weight excluding hydrogens is 467 g/mol. The van der Waals surface area contributed by atoms with Gasteiger partial charge in [-0.15, -0.1) is 30.6 Å². The molecule has 0 saturated carbocycles. The van der Waals surface area contributed by atoms with Crippen LogP contribution in [0.4, 0.5) is 0 Å². The Balaban J connectivity index is 0.00000392. The SMILES string of the molecule is C=CCNC(=NCc1cccnc1Oc1ccc(OCCC)cc1)NCC.I. The third-order valence-corrected chi connectivity index (χ3v) is 3.53. The molecule has 0 spiro atoms. The summed E-state index contributed by atoms with van der Waals surface area (Å²) >= 11 is 0. The van der Waals surface area contributed by atoms with Crippen molar-refractivity contribution in [2.75, 3.05) is 19.7 Å². The van der Waals surface area contributed by atoms with Gasteiger partial charge in [0, 0.05) is 24.8 Å². The summed E-state index contributed by atoms with van der Waals surface area (Å²) in [7, 11) is 0. The number of hydrogen-bond acceptors (Lipinski definition) is 4. The average molecular weight is 496 g/mol. The zero-order chi connectivity index (χ0) is 19.3. The van der Waals surface area contributed by atoms with E-state index in [9.17, 15) is 0 Å². The summed E-state index contributed by atoms with van der Waals surface area (Å²) in [5, 5.41) is 6.37. The van der Waals surface area contributed by atoms with Gasteiger partial charge in [0.15, 0.2) is 5.96 Å². The maximum atomic E-state index is 5.95. The zero-order valence-corrected chi connectivity index (χ0v) is 18.8. The van der Waals surface area contributed by atoms with Crippen molar-refractivity contribution < 1.29 is 9.47 Å². The maximum absolute atomic E-state index is 5.95. The number of halogens is 1. The number of guanidine groups is 1. The molecule has 0 bridgehead atoms. The molecule has 0 unspecified atom stereocenters. The minimum atomic E-state index is 0. The number of hydrogen-bond donors (Lipinski definition) is 2. The monoisotopic (exact) mass is 496 g/mol. The molecule has 2 N–H and O–H groups in total. The van der Waals surface area contributed by atoms with Crippen molar-refractivity contribution in [3.8, 4) is 17.4 Å². The van der Waals surface area contributed by atoms with Gasteiger partial charge in [-0.2, -0.15) is 0 Å². The summed E-state index contributed by atoms with van der Waals surface area (Å²) in [6, 6.07) is 11.4. The highest BCUT2D eigenvalue weighted by atomic mass is 127. The first-order valence-electron chi connectivity index (χ1n) is 9.24. The Hall–Kier alpha value is -2.29. The first kappa shape index (κ1) is 23.7. The van der Waals surface area contributed by atoms with Crippen LogP contribution < -0.4 is 20.1 Å². The molecule has 1 aromatic heterocycles. The third-order valence-electron chi connectivity index (χ3n) is 3.53. The molecule has 2 rings (SSSR count). The fourth-order valence-corrected chi connectivity index (χ4v) is 2.25. The Morgan fingerprint density at radius 1 is 1.14 bits per heavy atom. The van der Waals surface area contributed by atoms with Crippen LogP contribution in [0.5, 0.6) is 17.4 Å². The highest BCUT2D eigenvalue weighted by Gasteiger charge is 2.07. The smallest absolute Gasteiger partial charge is 0.224 e. The number of aliphatic imine (C=N–C) groups is 1. The highest BCUT2D eigenvalue weighted by molar-refractivity contribution is 14.0. The van der Waals surface area contributed by atoms with Crippen LogP contribution in [0.2, 0.25) is 0 Å². The van der Waals surface area contributed by atoms with Gasteiger partial charge in [0.2, 0.25) is 5.88 Å². The Morgan fingerprint density at radius 3 is 2.57 bits per heavy atom. The summed E-state index contributed by atoms with van der Waals surface area (Å²) in [4.78, 5) is 8.93. The molecule has 28 heavy (non-hydrogen) atoms. The van der Waals surface area contributed by atoms with Crippen molar-refractivity contribution in [2.24, 2.45) is 4.99 Å². The van der Waals surface area contributed by atoms with E-state index in [0.29, 0.717) is 31.3 Å². The number of aromatic nitrogens is 1. The summed E-state index contributed by atoms with van der Waals surface area (Å²) < 4.78 is 11.5. The molecule has 0 aliphatic carbocycles. The van der Waals surface area contributed by atoms with E-state index in [0.717, 1.165) is 30.2 Å². The van der Waals surface area contributed by atoms with Gasteiger partial charge in [0.25, 0.3) is 0 Å². The standard InChI is InChI=1S/C21H28N4O2.HI/c1-4-13-24-21(22-6-3)25-16-17-8-7-14-23-20(17)27-19-11-9-18(10-12-19)26-15-5-2;/h4,7-12,14H,1,5-6,13,15-16H2,2-3H3,(H2,22,24,25);1H. The van der Waals surface area contributed by atoms with Gasteiger partial charge >= 0.3 is 0 Å². The third kappa shape index (κ3) is 8.16. The van der Waals surface area contributed by atoms with E-state index >= 15 is 0 Å². The Kier molecular flexibility index (Phi) is 11.7. The fourth-order valence-electron chi connectivity index (χ4n) is 2.25. The van der Waals surface area contributed by atoms with Gasteiger partial charge in [-0.05, 0) is 43.7 Å². The summed E-state index contributed by atoms with van der Waals surface area (Å²) in [6.45, 7) is 10.4. The predicted molar refractivity (Wildman–Crippen MR) is 125 cm³/mol. The van der Waals surface area contributed by atoms with Gasteiger partial charge in [-0.25, -0.2) is 9.98 Å². The quantitative estimate of drug-likeness (QED) is 0.219. The molecule has 0 atom stereocenters. The second-order valence-corrected chi connectivity index (χ2v) is 5.75. The van der Waals surface area contributed by atoms with Gasteiger partial charge < -0.3 is 20.1 Å². The highest BCUT2D eigenvalue weighted by Crippen LogP contribution is 2.25. The lowest BCUT2D eigenvalue weighted by molar-refractivity contribution is 0.317. The van der Waals surface area contributed by atoms with Crippen LogP contribution in [0.25, 0.3) is 0 Å². The summed E-state index contributed by atoms with van der Waals surface area (Å²) in [5.74, 6) is 2.81. The van der Waals surface area contributed by atoms with Crippen LogP contribution in [0.15, 0.2) is 60.2 Å². The summed E-state index contributed by atoms with van der Waals surface area (Å²) in [5.41, 5.74) is 0.902. The van der Waals surface area contributed by atoms with Crippen molar-refractivity contribution >= 4 is 29.9 Å². The number of nitrogens with zero attached hydrogens (tertiary/aromatic N) is 2. The number of benzene rings is 1. The second kappa shape index (κ2) is 13.8. The average Bonchev–Trinajstić information content (AvgIpc) is 2.70. The Morgan fingerprint density at radius 2 is 1.89 bits per heavy atom. The van der Waals surface area contributed by atoms with Crippen molar-refractivity contribution in [2.45, 2.75) is 26.8 Å². The molecule has 0 aliphatic rings. The molecule has 0 saturated heterocycles. The van der Waals surface area contributed by atoms with E-state index in [1.165, 1.54) is 0 Å². The molecule has 7 heteroatoms. The normalized spacial score (nSPS) is 10.6. The Bertz CT molecular complexity index is 735. The molecule has 0 fully saturated rings. The van der Waals surface area contributed by atoms with Crippen LogP contribution >= 0.6 is 24.0 Å². The van der Waals surface area contributed by atoms with Crippen molar-refractivity contribution in [1.29, 1.82) is 0 Å². The van der Waals surface area contributed by atoms with E-state index in [-0.39, 0.29) is 24.0 Å². The lowest BCUT2D eigenvalue weighted by Gasteiger charge is -2.12. The van der Waals surface area contributed by atoms with E-state index in [1.807, 2.05) is 43.3 Å². The molecule has 0 aliphatic heterocycles. The topological polar surface area (TPSA) is 67.8 Å². The molecule has 152 valence electrons. The van der Waals surface area contributed by atoms with Crippen molar-refractivity contribution in [1.82, 2.24) is 15.6 Å². The van der Waals surface area contributed by atoms with Crippen LogP contribution in [-0.4, -0.2) is 30.6 Å². The minimum absolute atomic E-state index is 0. The van der Waals surface area contributed by atoms with E-state index in [4.69, 9.17) is 9.47 Å². The van der Waals surface area contributed by atoms with Crippen molar-refractivity contribution in [3.05, 3.63) is 60.8 Å². The lowest BCUT2D eigenvalue weighted by Crippen LogP contribution is -2.37. The van der Waals surface area contributed by atoms with Crippen LogP contribution in [0.1, 0.15) is 25.8 Å². The maximum Gasteiger partial charge on any atom is 0.224 e. The molecule has 0 radical (unpaired) electrons. The lowest BCUT2D eigenvalue weighted by atomic mass is 10.2. The van der Waals surface area contributed by atoms with Gasteiger partial charge in [-0.1, -0.05) is 19.1 Å². The predicted octanol–water partition coefficient (Wildman–Crippen LogP) is 4.52. The number of rotatable bonds is 10. The molecule has 0 amide bonds. The zero-order valence-electron chi connectivity index (χ0n) is 16.5. The van der Waals surface area contributed by atoms with Gasteiger partial charge in [0.1, 0.15) is 11.5 Å². The number of ether oxygens (including phenoxy) is 2. The second-order valence-electron chi connectivity index (χ2n) is 5.75. The number of nitrogens with one attached hydrogen (secondary N) is 2. The van der Waals surface area contributed by atoms with Crippen molar-refractivity contribution in [3.63, 3.8) is 0 Å². The molecule has 6 nitrogen and oxygen atoms in total. The largest absolute Gasteiger partial charge is 0.494 e. The first-order chi connectivity index (χ1) is 13.3. The van der Waals surface area contributed by atoms with Gasteiger partial charge in [0.05, 0.1) is 13.2 Å². The Labute approximate surface area is 184 Å². The van der Waals surface area contributed by atoms with E-state index in [2.05, 4.69) is 34.1 Å². The first-order valence-corrected chi connectivity index (χ1v) is 9.24. The van der Waals surface area contributed by atoms with E-state index < -0.39 is 0 Å². The molecular formula is C21H29IN4O2. The van der Waals surface area contributed by atoms with Crippen LogP contribution in [0, 0.1) is 0 Å². The number of pyridine rings is 1. The van der Waals surface area contributed by atoms with Crippen LogP contribution in [0.3, 0.4) is 0 Å². The van der Waals surface area contributed by atoms with Gasteiger partial charge in [-0.3, -0.25) is 0 Å². The molecule has 2 aromatic rings. The molecule has 1 aromatic carbocycles. The minimum Gasteiger partial charge on any atom is -0.494 e. The van der Waals surface area contributed by atoms with Crippen LogP contribution in [-0.2, 0) is 6.54 Å². The molecule has 1 heterocycles. The fraction of sp³-hybridized carbons (Fsp3) is 0.333.